The van der Waals surface area contributed by atoms with Crippen LogP contribution in [0.25, 0.3) is 6.08 Å². The molecule has 0 N–H and O–H groups in total. The van der Waals surface area contributed by atoms with Crippen molar-refractivity contribution < 1.29 is 26.7 Å². The lowest BCUT2D eigenvalue weighted by atomic mass is 10.1. The number of benzene rings is 1. The van der Waals surface area contributed by atoms with Crippen molar-refractivity contribution in [2.24, 2.45) is 0 Å². The minimum atomic E-state index is -2.25. The number of hydrogen-bond donors (Lipinski definition) is 0. The first-order chi connectivity index (χ1) is 10.8. The molecule has 0 aliphatic heterocycles. The van der Waals surface area contributed by atoms with Crippen molar-refractivity contribution in [3.05, 3.63) is 58.2 Å². The monoisotopic (exact) mass is 330 g/mol. The maximum atomic E-state index is 13.5. The van der Waals surface area contributed by atoms with Crippen molar-refractivity contribution in [1.82, 2.24) is 9.78 Å². The molecule has 2 aromatic rings. The molecule has 0 saturated carbocycles. The lowest BCUT2D eigenvalue weighted by molar-refractivity contribution is 0.104. The molecule has 0 amide bonds. The van der Waals surface area contributed by atoms with Crippen molar-refractivity contribution in [3.8, 4) is 0 Å². The van der Waals surface area contributed by atoms with Crippen LogP contribution in [0.3, 0.4) is 0 Å². The Labute approximate surface area is 128 Å². The minimum absolute atomic E-state index is 0.173. The third-order valence-corrected chi connectivity index (χ3v) is 3.18. The van der Waals surface area contributed by atoms with Crippen LogP contribution in [0.4, 0.5) is 22.0 Å². The minimum Gasteiger partial charge on any atom is -0.289 e. The molecule has 0 atom stereocenters. The standard InChI is InChI=1S/C15H11F5N2O/c1-3-22-6-9(7(2)21-22)10(23)5-4-8-11(16)13(18)15(20)14(19)12(8)17/h4-6H,3H2,1-2H3/b5-4+. The molecule has 0 saturated heterocycles. The Balaban J connectivity index is 2.41. The highest BCUT2D eigenvalue weighted by Gasteiger charge is 2.24. The Morgan fingerprint density at radius 1 is 1.09 bits per heavy atom. The van der Waals surface area contributed by atoms with Gasteiger partial charge in [0.15, 0.2) is 29.1 Å². The fourth-order valence-corrected chi connectivity index (χ4v) is 1.94. The van der Waals surface area contributed by atoms with Crippen LogP contribution in [0, 0.1) is 36.0 Å². The number of carbonyl (C=O) groups excluding carboxylic acids is 1. The summed E-state index contributed by atoms with van der Waals surface area (Å²) in [5.74, 6) is -11.0. The van der Waals surface area contributed by atoms with Gasteiger partial charge in [0.1, 0.15) is 0 Å². The van der Waals surface area contributed by atoms with Gasteiger partial charge in [-0.2, -0.15) is 5.10 Å². The van der Waals surface area contributed by atoms with Crippen LogP contribution in [0.1, 0.15) is 28.5 Å². The largest absolute Gasteiger partial charge is 0.289 e. The van der Waals surface area contributed by atoms with Crippen LogP contribution in [0.2, 0.25) is 0 Å². The first kappa shape index (κ1) is 16.9. The maximum absolute atomic E-state index is 13.5. The van der Waals surface area contributed by atoms with Gasteiger partial charge < -0.3 is 0 Å². The van der Waals surface area contributed by atoms with E-state index >= 15 is 0 Å². The summed E-state index contributed by atoms with van der Waals surface area (Å²) in [6.07, 6.45) is 2.73. The maximum Gasteiger partial charge on any atom is 0.200 e. The van der Waals surface area contributed by atoms with Crippen molar-refractivity contribution >= 4 is 11.9 Å². The average Bonchev–Trinajstić information content (AvgIpc) is 2.92. The second-order valence-corrected chi connectivity index (χ2v) is 4.67. The Morgan fingerprint density at radius 2 is 1.61 bits per heavy atom. The highest BCUT2D eigenvalue weighted by Crippen LogP contribution is 2.24. The summed E-state index contributed by atoms with van der Waals surface area (Å²) in [4.78, 5) is 12.0. The number of aromatic nitrogens is 2. The lowest BCUT2D eigenvalue weighted by Gasteiger charge is -2.04. The molecule has 122 valence electrons. The smallest absolute Gasteiger partial charge is 0.200 e. The highest BCUT2D eigenvalue weighted by molar-refractivity contribution is 6.07. The van der Waals surface area contributed by atoms with Crippen LogP contribution < -0.4 is 0 Å². The SMILES string of the molecule is CCn1cc(C(=O)/C=C/c2c(F)c(F)c(F)c(F)c2F)c(C)n1. The van der Waals surface area contributed by atoms with E-state index in [0.717, 1.165) is 6.08 Å². The van der Waals surface area contributed by atoms with E-state index in [-0.39, 0.29) is 5.56 Å². The number of ketones is 1. The van der Waals surface area contributed by atoms with Crippen LogP contribution >= 0.6 is 0 Å². The molecule has 3 nitrogen and oxygen atoms in total. The molecule has 1 aromatic carbocycles. The highest BCUT2D eigenvalue weighted by atomic mass is 19.2. The van der Waals surface area contributed by atoms with Gasteiger partial charge in [0, 0.05) is 12.7 Å². The van der Waals surface area contributed by atoms with Gasteiger partial charge in [-0.05, 0) is 26.0 Å². The summed E-state index contributed by atoms with van der Waals surface area (Å²) < 4.78 is 67.5. The molecule has 0 aliphatic carbocycles. The molecule has 0 aliphatic rings. The summed E-state index contributed by atoms with van der Waals surface area (Å²) in [7, 11) is 0. The fraction of sp³-hybridized carbons (Fsp3) is 0.200. The van der Waals surface area contributed by atoms with E-state index < -0.39 is 40.4 Å². The Hall–Kier alpha value is -2.51. The Bertz CT molecular complexity index is 782. The summed E-state index contributed by atoms with van der Waals surface area (Å²) >= 11 is 0. The van der Waals surface area contributed by atoms with Crippen LogP contribution in [0.15, 0.2) is 12.3 Å². The fourth-order valence-electron chi connectivity index (χ4n) is 1.94. The third-order valence-electron chi connectivity index (χ3n) is 3.18. The summed E-state index contributed by atoms with van der Waals surface area (Å²) in [5, 5.41) is 4.02. The van der Waals surface area contributed by atoms with Crippen LogP contribution in [-0.4, -0.2) is 15.6 Å². The van der Waals surface area contributed by atoms with Crippen molar-refractivity contribution in [3.63, 3.8) is 0 Å². The average molecular weight is 330 g/mol. The summed E-state index contributed by atoms with van der Waals surface area (Å²) in [6.45, 7) is 3.87. The topological polar surface area (TPSA) is 34.9 Å². The van der Waals surface area contributed by atoms with Crippen LogP contribution in [-0.2, 0) is 6.54 Å². The predicted octanol–water partition coefficient (Wildman–Crippen LogP) is 3.80. The number of rotatable bonds is 4. The second kappa shape index (κ2) is 6.31. The van der Waals surface area contributed by atoms with Crippen molar-refractivity contribution in [2.75, 3.05) is 0 Å². The van der Waals surface area contributed by atoms with E-state index in [1.165, 1.54) is 10.9 Å². The van der Waals surface area contributed by atoms with E-state index in [1.807, 2.05) is 0 Å². The van der Waals surface area contributed by atoms with Gasteiger partial charge in [-0.15, -0.1) is 0 Å². The third kappa shape index (κ3) is 3.01. The first-order valence-electron chi connectivity index (χ1n) is 6.55. The first-order valence-corrected chi connectivity index (χ1v) is 6.55. The molecule has 0 spiro atoms. The quantitative estimate of drug-likeness (QED) is 0.281. The van der Waals surface area contributed by atoms with Gasteiger partial charge in [-0.1, -0.05) is 0 Å². The van der Waals surface area contributed by atoms with E-state index in [4.69, 9.17) is 0 Å². The number of nitrogens with zero attached hydrogens (tertiary/aromatic N) is 2. The Morgan fingerprint density at radius 3 is 2.09 bits per heavy atom. The number of halogens is 5. The van der Waals surface area contributed by atoms with E-state index in [9.17, 15) is 26.7 Å². The van der Waals surface area contributed by atoms with E-state index in [1.54, 1.807) is 13.8 Å². The van der Waals surface area contributed by atoms with Gasteiger partial charge in [-0.3, -0.25) is 9.48 Å². The summed E-state index contributed by atoms with van der Waals surface area (Å²) in [5.41, 5.74) is -0.610. The van der Waals surface area contributed by atoms with Gasteiger partial charge in [0.05, 0.1) is 16.8 Å². The van der Waals surface area contributed by atoms with Crippen molar-refractivity contribution in [1.29, 1.82) is 0 Å². The number of hydrogen-bond acceptors (Lipinski definition) is 2. The molecular formula is C15H11F5N2O. The van der Waals surface area contributed by atoms with Crippen molar-refractivity contribution in [2.45, 2.75) is 20.4 Å². The molecule has 23 heavy (non-hydrogen) atoms. The Kier molecular flexibility index (Phi) is 4.63. The number of carbonyl (C=O) groups is 1. The molecule has 1 heterocycles. The van der Waals surface area contributed by atoms with Gasteiger partial charge in [0.25, 0.3) is 0 Å². The van der Waals surface area contributed by atoms with Gasteiger partial charge in [-0.25, -0.2) is 22.0 Å². The molecule has 1 aromatic heterocycles. The van der Waals surface area contributed by atoms with E-state index in [0.29, 0.717) is 18.3 Å². The molecule has 0 bridgehead atoms. The van der Waals surface area contributed by atoms with E-state index in [2.05, 4.69) is 5.10 Å². The summed E-state index contributed by atoms with van der Waals surface area (Å²) in [6, 6.07) is 0. The van der Waals surface area contributed by atoms with Gasteiger partial charge in [0.2, 0.25) is 5.82 Å². The van der Waals surface area contributed by atoms with Crippen LogP contribution in [0.5, 0.6) is 0 Å². The normalized spacial score (nSPS) is 11.4. The second-order valence-electron chi connectivity index (χ2n) is 4.67. The lowest BCUT2D eigenvalue weighted by Crippen LogP contribution is -2.04. The molecule has 8 heteroatoms. The molecular weight excluding hydrogens is 319 g/mol. The zero-order valence-electron chi connectivity index (χ0n) is 12.1. The number of aryl methyl sites for hydroxylation is 2. The molecule has 2 rings (SSSR count). The zero-order valence-corrected chi connectivity index (χ0v) is 12.1. The molecule has 0 fully saturated rings. The zero-order chi connectivity index (χ0) is 17.3. The number of allylic oxidation sites excluding steroid dienone is 1. The van der Waals surface area contributed by atoms with Gasteiger partial charge >= 0.3 is 0 Å². The predicted molar refractivity (Wildman–Crippen MR) is 72.2 cm³/mol. The molecule has 0 unspecified atom stereocenters. The molecule has 0 radical (unpaired) electrons.